The number of allylic oxidation sites excluding steroid dienone is 3. The number of carbonyl (C=O) groups is 1. The average molecular weight is 241 g/mol. The normalized spacial score (nSPS) is 19.4. The molecular weight excluding hydrogens is 222 g/mol. The van der Waals surface area contributed by atoms with E-state index >= 15 is 0 Å². The van der Waals surface area contributed by atoms with Crippen LogP contribution in [0.2, 0.25) is 0 Å². The third kappa shape index (κ3) is 2.70. The van der Waals surface area contributed by atoms with Gasteiger partial charge in [-0.1, -0.05) is 43.4 Å². The first kappa shape index (κ1) is 12.6. The van der Waals surface area contributed by atoms with Crippen LogP contribution in [0.4, 0.5) is 5.69 Å². The first-order chi connectivity index (χ1) is 8.72. The molecule has 1 aliphatic heterocycles. The Hall–Kier alpha value is -1.83. The van der Waals surface area contributed by atoms with Gasteiger partial charge in [0.15, 0.2) is 0 Å². The predicted octanol–water partition coefficient (Wildman–Crippen LogP) is 3.34. The number of hydrogen-bond acceptors (Lipinski definition) is 1. The van der Waals surface area contributed by atoms with Gasteiger partial charge in [-0.2, -0.15) is 0 Å². The third-order valence-electron chi connectivity index (χ3n) is 3.15. The van der Waals surface area contributed by atoms with E-state index < -0.39 is 0 Å². The molecule has 0 bridgehead atoms. The van der Waals surface area contributed by atoms with Crippen molar-refractivity contribution in [3.8, 4) is 0 Å². The second-order valence-electron chi connectivity index (χ2n) is 4.77. The summed E-state index contributed by atoms with van der Waals surface area (Å²) in [6, 6.07) is 8.17. The molecule has 0 aromatic heterocycles. The summed E-state index contributed by atoms with van der Waals surface area (Å²) in [6.07, 6.45) is 8.27. The highest BCUT2D eigenvalue weighted by Gasteiger charge is 2.24. The van der Waals surface area contributed by atoms with Crippen molar-refractivity contribution in [1.29, 1.82) is 0 Å². The van der Waals surface area contributed by atoms with Gasteiger partial charge in [0.2, 0.25) is 0 Å². The molecule has 1 aromatic carbocycles. The van der Waals surface area contributed by atoms with Gasteiger partial charge in [-0.25, -0.2) is 0 Å². The van der Waals surface area contributed by atoms with E-state index in [1.165, 1.54) is 5.56 Å². The number of para-hydroxylation sites is 1. The van der Waals surface area contributed by atoms with E-state index in [0.717, 1.165) is 18.7 Å². The number of carbonyl (C=O) groups excluding carboxylic acids is 1. The Balaban J connectivity index is 2.26. The molecule has 1 atom stereocenters. The van der Waals surface area contributed by atoms with Crippen LogP contribution in [0.15, 0.2) is 48.6 Å². The Morgan fingerprint density at radius 2 is 2.11 bits per heavy atom. The zero-order valence-electron chi connectivity index (χ0n) is 11.0. The van der Waals surface area contributed by atoms with E-state index in [1.54, 1.807) is 12.2 Å². The van der Waals surface area contributed by atoms with E-state index in [0.29, 0.717) is 5.92 Å². The lowest BCUT2D eigenvalue weighted by Gasteiger charge is -2.32. The predicted molar refractivity (Wildman–Crippen MR) is 75.6 cm³/mol. The molecule has 1 heterocycles. The number of anilines is 1. The second-order valence-corrected chi connectivity index (χ2v) is 4.77. The maximum atomic E-state index is 12.2. The van der Waals surface area contributed by atoms with Crippen molar-refractivity contribution in [2.75, 3.05) is 11.4 Å². The summed E-state index contributed by atoms with van der Waals surface area (Å²) < 4.78 is 0. The quantitative estimate of drug-likeness (QED) is 0.574. The summed E-state index contributed by atoms with van der Waals surface area (Å²) in [5.74, 6) is 0.575. The molecular formula is C16H19NO. The Labute approximate surface area is 109 Å². The molecule has 1 amide bonds. The van der Waals surface area contributed by atoms with Gasteiger partial charge in [0.25, 0.3) is 5.91 Å². The maximum absolute atomic E-state index is 12.2. The molecule has 2 rings (SSSR count). The highest BCUT2D eigenvalue weighted by molar-refractivity contribution is 6.02. The van der Waals surface area contributed by atoms with Gasteiger partial charge in [-0.15, -0.1) is 0 Å². The first-order valence-electron chi connectivity index (χ1n) is 6.41. The summed E-state index contributed by atoms with van der Waals surface area (Å²) in [4.78, 5) is 14.1. The van der Waals surface area contributed by atoms with Gasteiger partial charge in [-0.05, 0) is 30.9 Å². The number of fused-ring (bicyclic) bond motifs is 1. The second kappa shape index (κ2) is 5.67. The number of benzene rings is 1. The van der Waals surface area contributed by atoms with Crippen molar-refractivity contribution in [2.45, 2.75) is 20.3 Å². The molecule has 1 unspecified atom stereocenters. The van der Waals surface area contributed by atoms with Gasteiger partial charge in [0, 0.05) is 18.3 Å². The highest BCUT2D eigenvalue weighted by atomic mass is 16.2. The summed E-state index contributed by atoms with van der Waals surface area (Å²) in [7, 11) is 0. The number of nitrogens with zero attached hydrogens (tertiary/aromatic N) is 1. The van der Waals surface area contributed by atoms with E-state index in [4.69, 9.17) is 0 Å². The Bertz CT molecular complexity index is 488. The minimum Gasteiger partial charge on any atom is -0.308 e. The lowest BCUT2D eigenvalue weighted by Crippen LogP contribution is -2.38. The fourth-order valence-electron chi connectivity index (χ4n) is 2.34. The fraction of sp³-hybridized carbons (Fsp3) is 0.312. The van der Waals surface area contributed by atoms with Crippen molar-refractivity contribution in [1.82, 2.24) is 0 Å². The fourth-order valence-corrected chi connectivity index (χ4v) is 2.34. The van der Waals surface area contributed by atoms with Gasteiger partial charge >= 0.3 is 0 Å². The van der Waals surface area contributed by atoms with Crippen LogP contribution in [0.3, 0.4) is 0 Å². The van der Waals surface area contributed by atoms with Gasteiger partial charge in [0.05, 0.1) is 0 Å². The van der Waals surface area contributed by atoms with Crippen LogP contribution in [0, 0.1) is 5.92 Å². The van der Waals surface area contributed by atoms with Crippen LogP contribution in [0.5, 0.6) is 0 Å². The topological polar surface area (TPSA) is 20.3 Å². The summed E-state index contributed by atoms with van der Waals surface area (Å²) in [5.41, 5.74) is 2.33. The summed E-state index contributed by atoms with van der Waals surface area (Å²) in [5, 5.41) is 0. The molecule has 0 radical (unpaired) electrons. The molecule has 0 N–H and O–H groups in total. The third-order valence-corrected chi connectivity index (χ3v) is 3.15. The smallest absolute Gasteiger partial charge is 0.250 e. The van der Waals surface area contributed by atoms with Gasteiger partial charge in [-0.3, -0.25) is 4.79 Å². The summed E-state index contributed by atoms with van der Waals surface area (Å²) >= 11 is 0. The van der Waals surface area contributed by atoms with Crippen LogP contribution in [-0.4, -0.2) is 12.5 Å². The SMILES string of the molecule is CC=CC=CC(=O)N1CC(C)Cc2ccccc21. The van der Waals surface area contributed by atoms with Crippen LogP contribution in [-0.2, 0) is 11.2 Å². The summed E-state index contributed by atoms with van der Waals surface area (Å²) in [6.45, 7) is 4.93. The molecule has 1 aliphatic rings. The molecule has 2 heteroatoms. The van der Waals surface area contributed by atoms with Crippen molar-refractivity contribution < 1.29 is 4.79 Å². The Kier molecular flexibility index (Phi) is 3.98. The molecule has 0 fully saturated rings. The molecule has 1 aromatic rings. The van der Waals surface area contributed by atoms with Crippen molar-refractivity contribution >= 4 is 11.6 Å². The minimum absolute atomic E-state index is 0.0621. The van der Waals surface area contributed by atoms with E-state index in [2.05, 4.69) is 13.0 Å². The molecule has 2 nitrogen and oxygen atoms in total. The van der Waals surface area contributed by atoms with Crippen molar-refractivity contribution in [3.05, 3.63) is 54.1 Å². The van der Waals surface area contributed by atoms with Crippen LogP contribution in [0.1, 0.15) is 19.4 Å². The highest BCUT2D eigenvalue weighted by Crippen LogP contribution is 2.29. The van der Waals surface area contributed by atoms with Crippen LogP contribution < -0.4 is 4.90 Å². The average Bonchev–Trinajstić information content (AvgIpc) is 2.38. The van der Waals surface area contributed by atoms with E-state index in [-0.39, 0.29) is 5.91 Å². The van der Waals surface area contributed by atoms with Gasteiger partial charge < -0.3 is 4.90 Å². The number of rotatable bonds is 2. The molecule has 0 saturated carbocycles. The largest absolute Gasteiger partial charge is 0.308 e. The number of amides is 1. The number of hydrogen-bond donors (Lipinski definition) is 0. The Morgan fingerprint density at radius 1 is 1.33 bits per heavy atom. The van der Waals surface area contributed by atoms with Crippen LogP contribution in [0.25, 0.3) is 0 Å². The van der Waals surface area contributed by atoms with E-state index in [9.17, 15) is 4.79 Å². The molecule has 0 aliphatic carbocycles. The van der Waals surface area contributed by atoms with Gasteiger partial charge in [0.1, 0.15) is 0 Å². The zero-order chi connectivity index (χ0) is 13.0. The standard InChI is InChI=1S/C16H19NO/c1-3-4-5-10-16(18)17-12-13(2)11-14-8-6-7-9-15(14)17/h3-10,13H,11-12H2,1-2H3. The first-order valence-corrected chi connectivity index (χ1v) is 6.41. The zero-order valence-corrected chi connectivity index (χ0v) is 11.0. The molecule has 0 spiro atoms. The minimum atomic E-state index is 0.0621. The monoisotopic (exact) mass is 241 g/mol. The molecule has 18 heavy (non-hydrogen) atoms. The van der Waals surface area contributed by atoms with E-state index in [1.807, 2.05) is 42.2 Å². The lowest BCUT2D eigenvalue weighted by atomic mass is 9.94. The van der Waals surface area contributed by atoms with Crippen molar-refractivity contribution in [3.63, 3.8) is 0 Å². The molecule has 0 saturated heterocycles. The molecule has 94 valence electrons. The Morgan fingerprint density at radius 3 is 2.89 bits per heavy atom. The van der Waals surface area contributed by atoms with Crippen LogP contribution >= 0.6 is 0 Å². The van der Waals surface area contributed by atoms with Crippen molar-refractivity contribution in [2.24, 2.45) is 5.92 Å². The lowest BCUT2D eigenvalue weighted by molar-refractivity contribution is -0.114. The maximum Gasteiger partial charge on any atom is 0.250 e.